The van der Waals surface area contributed by atoms with E-state index in [0.717, 1.165) is 0 Å². The lowest BCUT2D eigenvalue weighted by atomic mass is 10.1. The first kappa shape index (κ1) is 18.8. The van der Waals surface area contributed by atoms with E-state index in [9.17, 15) is 9.59 Å². The first-order chi connectivity index (χ1) is 13.0. The van der Waals surface area contributed by atoms with Gasteiger partial charge in [0.05, 0.1) is 36.4 Å². The average molecular weight is 389 g/mol. The van der Waals surface area contributed by atoms with Crippen LogP contribution in [-0.4, -0.2) is 34.2 Å². The molecule has 2 heterocycles. The first-order valence-corrected chi connectivity index (χ1v) is 8.85. The lowest BCUT2D eigenvalue weighted by Crippen LogP contribution is -2.23. The third-order valence-electron chi connectivity index (χ3n) is 4.07. The summed E-state index contributed by atoms with van der Waals surface area (Å²) in [5, 5.41) is 0.437. The number of aromatic nitrogens is 3. The molecule has 142 valence electrons. The zero-order chi connectivity index (χ0) is 19.4. The minimum Gasteiger partial charge on any atom is -0.496 e. The molecule has 2 aromatic heterocycles. The van der Waals surface area contributed by atoms with E-state index in [1.807, 2.05) is 0 Å². The maximum atomic E-state index is 12.9. The largest absolute Gasteiger partial charge is 0.496 e. The molecule has 0 amide bonds. The summed E-state index contributed by atoms with van der Waals surface area (Å²) < 4.78 is 17.4. The maximum Gasteiger partial charge on any atom is 0.305 e. The van der Waals surface area contributed by atoms with Crippen LogP contribution in [0.3, 0.4) is 0 Å². The molecule has 1 N–H and O–H groups in total. The number of rotatable bonds is 7. The number of oxazole rings is 1. The summed E-state index contributed by atoms with van der Waals surface area (Å²) in [5.74, 6) is 0.729. The van der Waals surface area contributed by atoms with E-state index in [2.05, 4.69) is 9.97 Å². The summed E-state index contributed by atoms with van der Waals surface area (Å²) in [5.41, 5.74) is 0.927. The number of methoxy groups -OCH3 is 1. The van der Waals surface area contributed by atoms with Gasteiger partial charge in [-0.15, -0.1) is 0 Å². The number of carbonyl (C=O) groups is 1. The van der Waals surface area contributed by atoms with Crippen molar-refractivity contribution in [1.82, 2.24) is 14.5 Å². The molecular weight excluding hydrogens is 370 g/mol. The Morgan fingerprint density at radius 2 is 2.22 bits per heavy atom. The molecule has 0 unspecified atom stereocenters. The first-order valence-electron chi connectivity index (χ1n) is 8.44. The van der Waals surface area contributed by atoms with Gasteiger partial charge >= 0.3 is 5.97 Å². The van der Waals surface area contributed by atoms with Gasteiger partial charge in [0.1, 0.15) is 5.75 Å². The Morgan fingerprint density at radius 3 is 2.89 bits per heavy atom. The van der Waals surface area contributed by atoms with Gasteiger partial charge in [0.2, 0.25) is 0 Å². The lowest BCUT2D eigenvalue weighted by molar-refractivity contribution is -0.143. The molecule has 0 fully saturated rings. The Kier molecular flexibility index (Phi) is 5.70. The fraction of sp³-hybridized carbons (Fsp3) is 0.333. The number of aromatic amines is 1. The summed E-state index contributed by atoms with van der Waals surface area (Å²) in [7, 11) is 1.53. The Bertz CT molecular complexity index is 1070. The van der Waals surface area contributed by atoms with Crippen molar-refractivity contribution in [1.29, 1.82) is 0 Å². The standard InChI is InChI=1S/C18H19N3O5S/c1-3-25-16(22)5-4-6-21-17(23)11-7-12(15-9-19-10-26-15)14(24-2)8-13(11)20-18(21)27/h7-10H,3-6H2,1-2H3,(H,20,27). The summed E-state index contributed by atoms with van der Waals surface area (Å²) >= 11 is 5.31. The van der Waals surface area contributed by atoms with Crippen LogP contribution in [0.15, 0.2) is 33.9 Å². The van der Waals surface area contributed by atoms with Crippen molar-refractivity contribution in [2.45, 2.75) is 26.3 Å². The van der Waals surface area contributed by atoms with Crippen LogP contribution in [-0.2, 0) is 16.1 Å². The highest BCUT2D eigenvalue weighted by Gasteiger charge is 2.15. The molecule has 0 saturated carbocycles. The van der Waals surface area contributed by atoms with Crippen LogP contribution in [0.25, 0.3) is 22.2 Å². The van der Waals surface area contributed by atoms with Crippen LogP contribution in [0.5, 0.6) is 5.75 Å². The zero-order valence-corrected chi connectivity index (χ0v) is 15.8. The lowest BCUT2D eigenvalue weighted by Gasteiger charge is -2.11. The third-order valence-corrected chi connectivity index (χ3v) is 4.39. The van der Waals surface area contributed by atoms with Crippen LogP contribution >= 0.6 is 12.2 Å². The van der Waals surface area contributed by atoms with Gasteiger partial charge < -0.3 is 18.9 Å². The SMILES string of the molecule is CCOC(=O)CCCn1c(=S)[nH]c2cc(OC)c(-c3cnco3)cc2c1=O. The highest BCUT2D eigenvalue weighted by atomic mass is 32.1. The Morgan fingerprint density at radius 1 is 1.41 bits per heavy atom. The molecule has 0 aliphatic heterocycles. The summed E-state index contributed by atoms with van der Waals surface area (Å²) in [6, 6.07) is 3.39. The topological polar surface area (TPSA) is 99.3 Å². The average Bonchev–Trinajstić information content (AvgIpc) is 3.18. The van der Waals surface area contributed by atoms with Crippen molar-refractivity contribution in [2.24, 2.45) is 0 Å². The number of ether oxygens (including phenoxy) is 2. The molecule has 27 heavy (non-hydrogen) atoms. The van der Waals surface area contributed by atoms with Crippen LogP contribution in [0, 0.1) is 4.77 Å². The van der Waals surface area contributed by atoms with Crippen molar-refractivity contribution < 1.29 is 18.7 Å². The number of hydrogen-bond acceptors (Lipinski definition) is 7. The second kappa shape index (κ2) is 8.17. The van der Waals surface area contributed by atoms with E-state index >= 15 is 0 Å². The second-order valence-corrected chi connectivity index (χ2v) is 6.15. The number of benzene rings is 1. The predicted molar refractivity (Wildman–Crippen MR) is 101 cm³/mol. The minimum absolute atomic E-state index is 0.221. The molecule has 0 radical (unpaired) electrons. The van der Waals surface area contributed by atoms with E-state index in [-0.39, 0.29) is 22.7 Å². The molecule has 1 aromatic carbocycles. The van der Waals surface area contributed by atoms with E-state index in [1.165, 1.54) is 18.1 Å². The molecule has 9 heteroatoms. The Hall–Kier alpha value is -2.94. The monoisotopic (exact) mass is 389 g/mol. The number of nitrogens with one attached hydrogen (secondary N) is 1. The van der Waals surface area contributed by atoms with Crippen LogP contribution < -0.4 is 10.3 Å². The molecule has 3 rings (SSSR count). The van der Waals surface area contributed by atoms with E-state index in [4.69, 9.17) is 26.1 Å². The molecule has 8 nitrogen and oxygen atoms in total. The van der Waals surface area contributed by atoms with Crippen LogP contribution in [0.2, 0.25) is 0 Å². The second-order valence-electron chi connectivity index (χ2n) is 5.76. The van der Waals surface area contributed by atoms with Crippen molar-refractivity contribution in [3.05, 3.63) is 39.8 Å². The molecule has 0 atom stereocenters. The van der Waals surface area contributed by atoms with Crippen LogP contribution in [0.1, 0.15) is 19.8 Å². The van der Waals surface area contributed by atoms with E-state index in [1.54, 1.807) is 25.3 Å². The number of hydrogen-bond donors (Lipinski definition) is 1. The summed E-state index contributed by atoms with van der Waals surface area (Å²) in [6.07, 6.45) is 3.53. The molecular formula is C18H19N3O5S. The number of carbonyl (C=O) groups excluding carboxylic acids is 1. The number of H-pyrrole nitrogens is 1. The van der Waals surface area contributed by atoms with Gasteiger partial charge in [0, 0.05) is 19.0 Å². The van der Waals surface area contributed by atoms with Crippen molar-refractivity contribution >= 4 is 29.1 Å². The van der Waals surface area contributed by atoms with Gasteiger partial charge in [-0.1, -0.05) is 0 Å². The normalized spacial score (nSPS) is 10.9. The van der Waals surface area contributed by atoms with E-state index < -0.39 is 0 Å². The van der Waals surface area contributed by atoms with Crippen LogP contribution in [0.4, 0.5) is 0 Å². The quantitative estimate of drug-likeness (QED) is 0.490. The Labute approximate surface area is 159 Å². The fourth-order valence-corrected chi connectivity index (χ4v) is 3.09. The van der Waals surface area contributed by atoms with Gasteiger partial charge in [0.25, 0.3) is 5.56 Å². The molecule has 0 spiro atoms. The van der Waals surface area contributed by atoms with E-state index in [0.29, 0.717) is 47.5 Å². The van der Waals surface area contributed by atoms with Gasteiger partial charge in [0.15, 0.2) is 16.9 Å². The van der Waals surface area contributed by atoms with Crippen molar-refractivity contribution in [3.63, 3.8) is 0 Å². The van der Waals surface area contributed by atoms with Gasteiger partial charge in [-0.2, -0.15) is 0 Å². The zero-order valence-electron chi connectivity index (χ0n) is 15.0. The van der Waals surface area contributed by atoms with Gasteiger partial charge in [-0.3, -0.25) is 14.2 Å². The highest BCUT2D eigenvalue weighted by molar-refractivity contribution is 7.71. The maximum absolute atomic E-state index is 12.9. The fourth-order valence-electron chi connectivity index (χ4n) is 2.81. The molecule has 0 aliphatic rings. The molecule has 3 aromatic rings. The van der Waals surface area contributed by atoms with Crippen molar-refractivity contribution in [2.75, 3.05) is 13.7 Å². The molecule has 0 saturated heterocycles. The minimum atomic E-state index is -0.293. The van der Waals surface area contributed by atoms with Gasteiger partial charge in [-0.25, -0.2) is 4.98 Å². The summed E-state index contributed by atoms with van der Waals surface area (Å²) in [4.78, 5) is 31.4. The third kappa shape index (κ3) is 3.92. The smallest absolute Gasteiger partial charge is 0.305 e. The van der Waals surface area contributed by atoms with Crippen molar-refractivity contribution in [3.8, 4) is 17.1 Å². The van der Waals surface area contributed by atoms with Gasteiger partial charge in [-0.05, 0) is 31.6 Å². The highest BCUT2D eigenvalue weighted by Crippen LogP contribution is 2.32. The molecule has 0 bridgehead atoms. The number of fused-ring (bicyclic) bond motifs is 1. The Balaban J connectivity index is 2.01. The predicted octanol–water partition coefficient (Wildman–Crippen LogP) is 3.07. The molecule has 0 aliphatic carbocycles. The number of esters is 1. The number of nitrogens with zero attached hydrogens (tertiary/aromatic N) is 2. The summed E-state index contributed by atoms with van der Waals surface area (Å²) in [6.45, 7) is 2.40.